The van der Waals surface area contributed by atoms with E-state index in [1.807, 2.05) is 33.6 Å². The Morgan fingerprint density at radius 2 is 2.03 bits per heavy atom. The lowest BCUT2D eigenvalue weighted by molar-refractivity contribution is -0.132. The Bertz CT molecular complexity index is 1140. The normalized spacial score (nSPS) is 17.2. The minimum atomic E-state index is -0.0390. The average Bonchev–Trinajstić information content (AvgIpc) is 3.21. The number of thioether (sulfide) groups is 1. The number of rotatable bonds is 7. The Morgan fingerprint density at radius 1 is 1.23 bits per heavy atom. The number of amides is 1. The van der Waals surface area contributed by atoms with Gasteiger partial charge in [0.25, 0.3) is 5.56 Å². The lowest BCUT2D eigenvalue weighted by atomic mass is 10.0. The van der Waals surface area contributed by atoms with E-state index in [2.05, 4.69) is 31.0 Å². The van der Waals surface area contributed by atoms with Crippen LogP contribution in [0.4, 0.5) is 0 Å². The monoisotopic (exact) mass is 441 g/mol. The number of nitrogens with zero attached hydrogens (tertiary/aromatic N) is 5. The Balaban J connectivity index is 1.67. The van der Waals surface area contributed by atoms with Gasteiger partial charge in [-0.1, -0.05) is 44.7 Å². The summed E-state index contributed by atoms with van der Waals surface area (Å²) in [5.74, 6) is 1.51. The number of fused-ring (bicyclic) bond motifs is 3. The fourth-order valence-electron chi connectivity index (χ4n) is 4.38. The van der Waals surface area contributed by atoms with Crippen molar-refractivity contribution in [2.75, 3.05) is 12.3 Å². The first kappa shape index (κ1) is 21.9. The summed E-state index contributed by atoms with van der Waals surface area (Å²) in [5.41, 5.74) is 0.746. The number of likely N-dealkylation sites (tertiary alicyclic amines) is 1. The molecule has 0 saturated carbocycles. The number of aryl methyl sites for hydroxylation is 1. The van der Waals surface area contributed by atoms with Crippen molar-refractivity contribution in [2.45, 2.75) is 70.6 Å². The largest absolute Gasteiger partial charge is 0.339 e. The summed E-state index contributed by atoms with van der Waals surface area (Å²) in [6.45, 7) is 7.88. The summed E-state index contributed by atoms with van der Waals surface area (Å²) in [7, 11) is 0. The molecule has 1 saturated heterocycles. The first-order valence-corrected chi connectivity index (χ1v) is 12.3. The SMILES string of the molecule is CCC1CCCCN1C(=O)CSc1nnc2n(CCC(C)C)c(=O)c3ccccc3n12. The van der Waals surface area contributed by atoms with Gasteiger partial charge in [0.1, 0.15) is 0 Å². The van der Waals surface area contributed by atoms with Crippen molar-refractivity contribution in [1.82, 2.24) is 24.1 Å². The number of piperidine rings is 1. The second-order valence-corrected chi connectivity index (χ2v) is 9.65. The van der Waals surface area contributed by atoms with Gasteiger partial charge in [-0.25, -0.2) is 0 Å². The third-order valence-electron chi connectivity index (χ3n) is 6.15. The van der Waals surface area contributed by atoms with Gasteiger partial charge in [-0.15, -0.1) is 10.2 Å². The van der Waals surface area contributed by atoms with Crippen LogP contribution in [0.5, 0.6) is 0 Å². The highest BCUT2D eigenvalue weighted by atomic mass is 32.2. The van der Waals surface area contributed by atoms with E-state index < -0.39 is 0 Å². The molecular weight excluding hydrogens is 410 g/mol. The molecule has 1 atom stereocenters. The molecule has 1 aliphatic heterocycles. The number of benzene rings is 1. The molecule has 0 bridgehead atoms. The molecule has 4 rings (SSSR count). The van der Waals surface area contributed by atoms with E-state index in [1.54, 1.807) is 4.57 Å². The molecule has 1 fully saturated rings. The molecule has 1 aliphatic rings. The van der Waals surface area contributed by atoms with Crippen LogP contribution in [0.15, 0.2) is 34.2 Å². The van der Waals surface area contributed by atoms with Gasteiger partial charge in [0, 0.05) is 19.1 Å². The summed E-state index contributed by atoms with van der Waals surface area (Å²) in [6.07, 6.45) is 5.25. The maximum atomic E-state index is 13.1. The molecule has 166 valence electrons. The second-order valence-electron chi connectivity index (χ2n) is 8.71. The zero-order valence-corrected chi connectivity index (χ0v) is 19.4. The maximum Gasteiger partial charge on any atom is 0.262 e. The highest BCUT2D eigenvalue weighted by Gasteiger charge is 2.26. The first-order chi connectivity index (χ1) is 15.0. The van der Waals surface area contributed by atoms with E-state index in [-0.39, 0.29) is 11.5 Å². The van der Waals surface area contributed by atoms with Crippen LogP contribution in [0.1, 0.15) is 52.9 Å². The molecule has 1 aromatic carbocycles. The summed E-state index contributed by atoms with van der Waals surface area (Å²) >= 11 is 1.41. The number of aromatic nitrogens is 4. The third kappa shape index (κ3) is 4.35. The molecule has 3 aromatic rings. The minimum absolute atomic E-state index is 0.0390. The van der Waals surface area contributed by atoms with Crippen molar-refractivity contribution in [3.8, 4) is 0 Å². The van der Waals surface area contributed by atoms with E-state index >= 15 is 0 Å². The summed E-state index contributed by atoms with van der Waals surface area (Å²) < 4.78 is 3.65. The molecule has 7 nitrogen and oxygen atoms in total. The Hall–Kier alpha value is -2.35. The molecule has 0 radical (unpaired) electrons. The van der Waals surface area contributed by atoms with Crippen LogP contribution in [0.2, 0.25) is 0 Å². The summed E-state index contributed by atoms with van der Waals surface area (Å²) in [6, 6.07) is 7.91. The summed E-state index contributed by atoms with van der Waals surface area (Å²) in [4.78, 5) is 28.1. The third-order valence-corrected chi connectivity index (χ3v) is 7.07. The molecule has 3 heterocycles. The molecule has 31 heavy (non-hydrogen) atoms. The van der Waals surface area contributed by atoms with Crippen LogP contribution in [0.25, 0.3) is 16.7 Å². The van der Waals surface area contributed by atoms with E-state index in [4.69, 9.17) is 0 Å². The molecule has 1 unspecified atom stereocenters. The number of carbonyl (C=O) groups excluding carboxylic acids is 1. The van der Waals surface area contributed by atoms with Crippen LogP contribution in [0, 0.1) is 5.92 Å². The first-order valence-electron chi connectivity index (χ1n) is 11.3. The summed E-state index contributed by atoms with van der Waals surface area (Å²) in [5, 5.41) is 10.0. The highest BCUT2D eigenvalue weighted by Crippen LogP contribution is 2.25. The van der Waals surface area contributed by atoms with E-state index in [0.717, 1.165) is 37.7 Å². The van der Waals surface area contributed by atoms with Crippen molar-refractivity contribution in [3.05, 3.63) is 34.6 Å². The van der Waals surface area contributed by atoms with Crippen LogP contribution in [-0.2, 0) is 11.3 Å². The van der Waals surface area contributed by atoms with Crippen molar-refractivity contribution in [2.24, 2.45) is 5.92 Å². The molecule has 0 aliphatic carbocycles. The Morgan fingerprint density at radius 3 is 2.81 bits per heavy atom. The van der Waals surface area contributed by atoms with Gasteiger partial charge in [0.15, 0.2) is 5.16 Å². The van der Waals surface area contributed by atoms with E-state index in [9.17, 15) is 9.59 Å². The van der Waals surface area contributed by atoms with Gasteiger partial charge in [0.2, 0.25) is 11.7 Å². The van der Waals surface area contributed by atoms with Crippen molar-refractivity contribution in [1.29, 1.82) is 0 Å². The van der Waals surface area contributed by atoms with Gasteiger partial charge in [-0.3, -0.25) is 18.6 Å². The zero-order chi connectivity index (χ0) is 22.0. The number of hydrogen-bond donors (Lipinski definition) is 0. The zero-order valence-electron chi connectivity index (χ0n) is 18.6. The molecule has 1 amide bonds. The van der Waals surface area contributed by atoms with Crippen molar-refractivity contribution >= 4 is 34.3 Å². The lowest BCUT2D eigenvalue weighted by Gasteiger charge is -2.35. The predicted octanol–water partition coefficient (Wildman–Crippen LogP) is 3.97. The van der Waals surface area contributed by atoms with Crippen molar-refractivity contribution < 1.29 is 4.79 Å². The van der Waals surface area contributed by atoms with Gasteiger partial charge >= 0.3 is 0 Å². The Labute approximate surface area is 186 Å². The smallest absolute Gasteiger partial charge is 0.262 e. The number of para-hydroxylation sites is 1. The topological polar surface area (TPSA) is 72.5 Å². The standard InChI is InChI=1S/C23H31N5O2S/c1-4-17-9-7-8-13-26(17)20(29)15-31-23-25-24-22-27(14-12-16(2)3)21(30)18-10-5-6-11-19(18)28(22)23/h5-6,10-11,16-17H,4,7-9,12-15H2,1-3H3. The fraction of sp³-hybridized carbons (Fsp3) is 0.565. The van der Waals surface area contributed by atoms with Gasteiger partial charge < -0.3 is 4.90 Å². The van der Waals surface area contributed by atoms with Gasteiger partial charge in [-0.2, -0.15) is 0 Å². The highest BCUT2D eigenvalue weighted by molar-refractivity contribution is 7.99. The quantitative estimate of drug-likeness (QED) is 0.519. The molecular formula is C23H31N5O2S. The molecule has 0 N–H and O–H groups in total. The van der Waals surface area contributed by atoms with Crippen LogP contribution in [-0.4, -0.2) is 48.3 Å². The van der Waals surface area contributed by atoms with Crippen molar-refractivity contribution in [3.63, 3.8) is 0 Å². The van der Waals surface area contributed by atoms with Crippen LogP contribution >= 0.6 is 11.8 Å². The van der Waals surface area contributed by atoms with Gasteiger partial charge in [-0.05, 0) is 50.2 Å². The minimum Gasteiger partial charge on any atom is -0.339 e. The van der Waals surface area contributed by atoms with Crippen LogP contribution in [0.3, 0.4) is 0 Å². The maximum absolute atomic E-state index is 13.1. The van der Waals surface area contributed by atoms with Crippen LogP contribution < -0.4 is 5.56 Å². The average molecular weight is 442 g/mol. The van der Waals surface area contributed by atoms with E-state index in [1.165, 1.54) is 18.2 Å². The molecule has 8 heteroatoms. The second kappa shape index (κ2) is 9.42. The molecule has 2 aromatic heterocycles. The number of hydrogen-bond acceptors (Lipinski definition) is 5. The Kier molecular flexibility index (Phi) is 6.65. The van der Waals surface area contributed by atoms with Gasteiger partial charge in [0.05, 0.1) is 16.7 Å². The fourth-order valence-corrected chi connectivity index (χ4v) is 5.20. The molecule has 0 spiro atoms. The predicted molar refractivity (Wildman–Crippen MR) is 125 cm³/mol. The lowest BCUT2D eigenvalue weighted by Crippen LogP contribution is -2.44. The number of carbonyl (C=O) groups is 1. The van der Waals surface area contributed by atoms with E-state index in [0.29, 0.717) is 40.6 Å².